The smallest absolute Gasteiger partial charge is 0.146 e. The Kier molecular flexibility index (Phi) is 3.82. The van der Waals surface area contributed by atoms with Crippen LogP contribution in [0.4, 0.5) is 10.1 Å². The first-order chi connectivity index (χ1) is 8.18. The molecule has 2 aromatic rings. The van der Waals surface area contributed by atoms with Gasteiger partial charge in [-0.2, -0.15) is 0 Å². The molecule has 0 aliphatic heterocycles. The molecule has 88 valence electrons. The van der Waals surface area contributed by atoms with Gasteiger partial charge in [-0.15, -0.1) is 0 Å². The summed E-state index contributed by atoms with van der Waals surface area (Å²) in [6.45, 7) is 0.303. The summed E-state index contributed by atoms with van der Waals surface area (Å²) in [6.07, 6.45) is 3.18. The van der Waals surface area contributed by atoms with Gasteiger partial charge in [0.25, 0.3) is 0 Å². The Morgan fingerprint density at radius 2 is 2.00 bits per heavy atom. The minimum absolute atomic E-state index is 0.113. The molecule has 1 heterocycles. The van der Waals surface area contributed by atoms with Crippen molar-refractivity contribution < 1.29 is 4.39 Å². The highest BCUT2D eigenvalue weighted by molar-refractivity contribution is 6.33. The zero-order valence-corrected chi connectivity index (χ0v) is 10.3. The molecule has 0 amide bonds. The van der Waals surface area contributed by atoms with Gasteiger partial charge >= 0.3 is 0 Å². The summed E-state index contributed by atoms with van der Waals surface area (Å²) < 4.78 is 13.6. The lowest BCUT2D eigenvalue weighted by Crippen LogP contribution is -2.02. The lowest BCUT2D eigenvalue weighted by atomic mass is 10.2. The Labute approximate surface area is 108 Å². The van der Waals surface area contributed by atoms with Crippen LogP contribution in [0.3, 0.4) is 0 Å². The molecule has 1 aromatic heterocycles. The van der Waals surface area contributed by atoms with Crippen LogP contribution in [0.25, 0.3) is 0 Å². The number of halogens is 3. The Balaban J connectivity index is 2.13. The first-order valence-electron chi connectivity index (χ1n) is 4.95. The van der Waals surface area contributed by atoms with Crippen LogP contribution < -0.4 is 5.32 Å². The molecule has 0 spiro atoms. The quantitative estimate of drug-likeness (QED) is 0.907. The zero-order chi connectivity index (χ0) is 12.3. The average Bonchev–Trinajstić information content (AvgIpc) is 2.33. The maximum absolute atomic E-state index is 13.6. The van der Waals surface area contributed by atoms with Gasteiger partial charge in [0.1, 0.15) is 5.82 Å². The van der Waals surface area contributed by atoms with Crippen molar-refractivity contribution in [3.8, 4) is 0 Å². The minimum atomic E-state index is -0.415. The molecule has 5 heteroatoms. The third kappa shape index (κ3) is 2.87. The highest BCUT2D eigenvalue weighted by Gasteiger charge is 2.06. The van der Waals surface area contributed by atoms with E-state index in [0.29, 0.717) is 22.8 Å². The van der Waals surface area contributed by atoms with E-state index < -0.39 is 5.82 Å². The number of benzene rings is 1. The van der Waals surface area contributed by atoms with Gasteiger partial charge in [0.15, 0.2) is 0 Å². The van der Waals surface area contributed by atoms with E-state index in [9.17, 15) is 4.39 Å². The van der Waals surface area contributed by atoms with Crippen molar-refractivity contribution in [2.45, 2.75) is 6.54 Å². The summed E-state index contributed by atoms with van der Waals surface area (Å²) >= 11 is 11.6. The van der Waals surface area contributed by atoms with E-state index in [1.54, 1.807) is 30.6 Å². The van der Waals surface area contributed by atoms with Gasteiger partial charge in [0, 0.05) is 18.3 Å². The van der Waals surface area contributed by atoms with E-state index >= 15 is 0 Å². The van der Waals surface area contributed by atoms with E-state index in [1.807, 2.05) is 0 Å². The second kappa shape index (κ2) is 5.34. The minimum Gasteiger partial charge on any atom is -0.378 e. The lowest BCUT2D eigenvalue weighted by Gasteiger charge is -2.08. The normalized spacial score (nSPS) is 10.3. The number of nitrogens with zero attached hydrogens (tertiary/aromatic N) is 1. The molecule has 0 aliphatic rings. The Hall–Kier alpha value is -1.32. The first kappa shape index (κ1) is 12.1. The number of rotatable bonds is 3. The first-order valence-corrected chi connectivity index (χ1v) is 5.70. The van der Waals surface area contributed by atoms with Crippen LogP contribution in [0.15, 0.2) is 36.7 Å². The van der Waals surface area contributed by atoms with Crippen molar-refractivity contribution in [2.75, 3.05) is 5.32 Å². The van der Waals surface area contributed by atoms with Gasteiger partial charge < -0.3 is 5.32 Å². The lowest BCUT2D eigenvalue weighted by molar-refractivity contribution is 0.613. The number of aromatic nitrogens is 1. The molecule has 0 aliphatic carbocycles. The van der Waals surface area contributed by atoms with Crippen LogP contribution in [-0.2, 0) is 6.54 Å². The fourth-order valence-corrected chi connectivity index (χ4v) is 1.75. The van der Waals surface area contributed by atoms with Crippen LogP contribution in [0.5, 0.6) is 0 Å². The Morgan fingerprint density at radius 3 is 2.76 bits per heavy atom. The third-order valence-electron chi connectivity index (χ3n) is 2.27. The van der Waals surface area contributed by atoms with Crippen LogP contribution >= 0.6 is 23.2 Å². The van der Waals surface area contributed by atoms with E-state index in [4.69, 9.17) is 23.2 Å². The van der Waals surface area contributed by atoms with Crippen molar-refractivity contribution in [3.05, 3.63) is 58.1 Å². The number of anilines is 1. The van der Waals surface area contributed by atoms with Crippen molar-refractivity contribution >= 4 is 28.9 Å². The number of hydrogen-bond acceptors (Lipinski definition) is 2. The molecule has 0 saturated heterocycles. The molecule has 0 fully saturated rings. The molecular formula is C12H9Cl2FN2. The fourth-order valence-electron chi connectivity index (χ4n) is 1.38. The van der Waals surface area contributed by atoms with Crippen LogP contribution in [0.2, 0.25) is 10.0 Å². The second-order valence-corrected chi connectivity index (χ2v) is 4.24. The predicted octanol–water partition coefficient (Wildman–Crippen LogP) is 4.14. The van der Waals surface area contributed by atoms with Crippen LogP contribution in [-0.4, -0.2) is 4.98 Å². The van der Waals surface area contributed by atoms with Crippen LogP contribution in [0, 0.1) is 5.82 Å². The summed E-state index contributed by atoms with van der Waals surface area (Å²) in [5.41, 5.74) is 1.14. The number of pyridine rings is 1. The SMILES string of the molecule is Fc1c(Cl)cccc1CNc1cnccc1Cl. The molecule has 0 radical (unpaired) electrons. The third-order valence-corrected chi connectivity index (χ3v) is 2.89. The number of hydrogen-bond donors (Lipinski definition) is 1. The molecule has 2 rings (SSSR count). The molecule has 0 unspecified atom stereocenters. The van der Waals surface area contributed by atoms with Gasteiger partial charge in [0.05, 0.1) is 21.9 Å². The molecule has 1 aromatic carbocycles. The van der Waals surface area contributed by atoms with Crippen molar-refractivity contribution in [2.24, 2.45) is 0 Å². The molecule has 0 saturated carbocycles. The molecule has 0 bridgehead atoms. The zero-order valence-electron chi connectivity index (χ0n) is 8.75. The summed E-state index contributed by atoms with van der Waals surface area (Å²) in [7, 11) is 0. The monoisotopic (exact) mass is 270 g/mol. The molecule has 2 nitrogen and oxygen atoms in total. The van der Waals surface area contributed by atoms with Crippen LogP contribution in [0.1, 0.15) is 5.56 Å². The van der Waals surface area contributed by atoms with Gasteiger partial charge in [-0.25, -0.2) is 4.39 Å². The highest BCUT2D eigenvalue weighted by atomic mass is 35.5. The topological polar surface area (TPSA) is 24.9 Å². The van der Waals surface area contributed by atoms with E-state index in [-0.39, 0.29) is 5.02 Å². The number of nitrogens with one attached hydrogen (secondary N) is 1. The van der Waals surface area contributed by atoms with Crippen molar-refractivity contribution in [3.63, 3.8) is 0 Å². The molecule has 0 atom stereocenters. The standard InChI is InChI=1S/C12H9Cl2FN2/c13-9-4-5-16-7-11(9)17-6-8-2-1-3-10(14)12(8)15/h1-5,7,17H,6H2. The van der Waals surface area contributed by atoms with E-state index in [0.717, 1.165) is 0 Å². The Bertz CT molecular complexity index is 532. The summed E-state index contributed by atoms with van der Waals surface area (Å²) in [6, 6.07) is 6.54. The summed E-state index contributed by atoms with van der Waals surface area (Å²) in [5, 5.41) is 3.66. The second-order valence-electron chi connectivity index (χ2n) is 3.42. The molecular weight excluding hydrogens is 262 g/mol. The Morgan fingerprint density at radius 1 is 1.18 bits per heavy atom. The van der Waals surface area contributed by atoms with E-state index in [2.05, 4.69) is 10.3 Å². The summed E-state index contributed by atoms with van der Waals surface area (Å²) in [5.74, 6) is -0.415. The van der Waals surface area contributed by atoms with Gasteiger partial charge in [-0.3, -0.25) is 4.98 Å². The maximum atomic E-state index is 13.6. The van der Waals surface area contributed by atoms with E-state index in [1.165, 1.54) is 6.07 Å². The predicted molar refractivity (Wildman–Crippen MR) is 68.0 cm³/mol. The highest BCUT2D eigenvalue weighted by Crippen LogP contribution is 2.22. The van der Waals surface area contributed by atoms with Crippen molar-refractivity contribution in [1.29, 1.82) is 0 Å². The van der Waals surface area contributed by atoms with Crippen molar-refractivity contribution in [1.82, 2.24) is 4.98 Å². The average molecular weight is 271 g/mol. The summed E-state index contributed by atoms with van der Waals surface area (Å²) in [4.78, 5) is 3.93. The molecule has 17 heavy (non-hydrogen) atoms. The van der Waals surface area contributed by atoms with Gasteiger partial charge in [0.2, 0.25) is 0 Å². The fraction of sp³-hybridized carbons (Fsp3) is 0.0833. The van der Waals surface area contributed by atoms with Gasteiger partial charge in [-0.05, 0) is 12.1 Å². The maximum Gasteiger partial charge on any atom is 0.146 e. The van der Waals surface area contributed by atoms with Gasteiger partial charge in [-0.1, -0.05) is 35.3 Å². The largest absolute Gasteiger partial charge is 0.378 e. The molecule has 1 N–H and O–H groups in total.